The molecule has 1 aromatic carbocycles. The third kappa shape index (κ3) is 4.84. The van der Waals surface area contributed by atoms with Gasteiger partial charge < -0.3 is 15.5 Å². The second-order valence-corrected chi connectivity index (χ2v) is 9.50. The minimum atomic E-state index is -0.160. The highest BCUT2D eigenvalue weighted by Gasteiger charge is 2.41. The molecule has 1 aliphatic heterocycles. The van der Waals surface area contributed by atoms with Crippen molar-refractivity contribution in [2.75, 3.05) is 11.9 Å². The van der Waals surface area contributed by atoms with Gasteiger partial charge in [0, 0.05) is 41.8 Å². The summed E-state index contributed by atoms with van der Waals surface area (Å²) in [6.07, 6.45) is 6.29. The van der Waals surface area contributed by atoms with Crippen LogP contribution in [0.25, 0.3) is 0 Å². The van der Waals surface area contributed by atoms with Gasteiger partial charge in [0.1, 0.15) is 12.7 Å². The van der Waals surface area contributed by atoms with Crippen molar-refractivity contribution in [1.82, 2.24) is 34.8 Å². The van der Waals surface area contributed by atoms with Gasteiger partial charge in [0.25, 0.3) is 0 Å². The zero-order chi connectivity index (χ0) is 25.9. The Bertz CT molecular complexity index is 1400. The fourth-order valence-electron chi connectivity index (χ4n) is 5.10. The van der Waals surface area contributed by atoms with Gasteiger partial charge in [0.2, 0.25) is 5.91 Å². The molecule has 1 saturated heterocycles. The molecule has 0 aliphatic carbocycles. The zero-order valence-electron chi connectivity index (χ0n) is 21.1. The van der Waals surface area contributed by atoms with Gasteiger partial charge in [0.05, 0.1) is 17.8 Å². The van der Waals surface area contributed by atoms with E-state index in [1.54, 1.807) is 18.9 Å². The van der Waals surface area contributed by atoms with Gasteiger partial charge in [-0.05, 0) is 62.3 Å². The molecule has 1 amide bonds. The molecular formula is C27H30N8OS. The van der Waals surface area contributed by atoms with E-state index < -0.39 is 0 Å². The monoisotopic (exact) mass is 514 g/mol. The highest BCUT2D eigenvalue weighted by Crippen LogP contribution is 2.40. The lowest BCUT2D eigenvalue weighted by Gasteiger charge is -2.28. The van der Waals surface area contributed by atoms with Crippen molar-refractivity contribution in [2.45, 2.75) is 45.7 Å². The summed E-state index contributed by atoms with van der Waals surface area (Å²) in [7, 11) is 0. The van der Waals surface area contributed by atoms with Crippen LogP contribution in [0.5, 0.6) is 0 Å². The van der Waals surface area contributed by atoms with Crippen molar-refractivity contribution < 1.29 is 4.79 Å². The van der Waals surface area contributed by atoms with Crippen LogP contribution < -0.4 is 10.6 Å². The van der Waals surface area contributed by atoms with Gasteiger partial charge in [-0.1, -0.05) is 31.2 Å². The molecule has 0 spiro atoms. The van der Waals surface area contributed by atoms with Crippen molar-refractivity contribution in [3.05, 3.63) is 95.6 Å². The molecule has 0 bridgehead atoms. The number of para-hydroxylation sites is 1. The molecule has 4 aromatic rings. The van der Waals surface area contributed by atoms with Crippen LogP contribution in [0.1, 0.15) is 53.6 Å². The molecular weight excluding hydrogens is 484 g/mol. The average molecular weight is 515 g/mol. The number of nitrogens with zero attached hydrogens (tertiary/aromatic N) is 6. The van der Waals surface area contributed by atoms with Gasteiger partial charge in [-0.15, -0.1) is 10.2 Å². The van der Waals surface area contributed by atoms with Crippen LogP contribution in [0.3, 0.4) is 0 Å². The van der Waals surface area contributed by atoms with Crippen molar-refractivity contribution in [3.8, 4) is 0 Å². The van der Waals surface area contributed by atoms with Crippen LogP contribution >= 0.6 is 12.2 Å². The summed E-state index contributed by atoms with van der Waals surface area (Å²) in [5.41, 5.74) is 6.06. The second-order valence-electron chi connectivity index (χ2n) is 9.11. The van der Waals surface area contributed by atoms with Crippen LogP contribution in [-0.4, -0.2) is 47.0 Å². The Hall–Kier alpha value is -4.05. The van der Waals surface area contributed by atoms with E-state index in [-0.39, 0.29) is 18.0 Å². The van der Waals surface area contributed by atoms with Crippen LogP contribution in [0.2, 0.25) is 0 Å². The van der Waals surface area contributed by atoms with Crippen LogP contribution in [0.15, 0.2) is 67.4 Å². The lowest BCUT2D eigenvalue weighted by molar-refractivity contribution is -0.116. The Kier molecular flexibility index (Phi) is 7.00. The molecule has 190 valence electrons. The van der Waals surface area contributed by atoms with Gasteiger partial charge >= 0.3 is 0 Å². The van der Waals surface area contributed by atoms with Gasteiger partial charge in [0.15, 0.2) is 5.11 Å². The van der Waals surface area contributed by atoms with E-state index in [1.165, 1.54) is 0 Å². The molecule has 0 saturated carbocycles. The summed E-state index contributed by atoms with van der Waals surface area (Å²) in [5.74, 6) is -0.0429. The Balaban J connectivity index is 1.44. The van der Waals surface area contributed by atoms with Crippen molar-refractivity contribution >= 4 is 28.9 Å². The SMILES string of the molecule is CCc1ccccc1NC(=O)CCN1C(=S)NC(c2ccccn2)C1c1cc(C)n(-n2cnnc2)c1C. The normalized spacial score (nSPS) is 17.2. The highest BCUT2D eigenvalue weighted by molar-refractivity contribution is 7.80. The Morgan fingerprint density at radius 2 is 1.86 bits per heavy atom. The first-order valence-corrected chi connectivity index (χ1v) is 12.8. The Morgan fingerprint density at radius 1 is 1.11 bits per heavy atom. The maximum atomic E-state index is 13.0. The van der Waals surface area contributed by atoms with Crippen LogP contribution in [0.4, 0.5) is 5.69 Å². The molecule has 1 aliphatic rings. The number of anilines is 1. The lowest BCUT2D eigenvalue weighted by Crippen LogP contribution is -2.33. The van der Waals surface area contributed by atoms with Crippen LogP contribution in [-0.2, 0) is 11.2 Å². The summed E-state index contributed by atoms with van der Waals surface area (Å²) in [4.78, 5) is 19.7. The molecule has 2 unspecified atom stereocenters. The number of pyridine rings is 1. The summed E-state index contributed by atoms with van der Waals surface area (Å²) in [6, 6.07) is 15.6. The van der Waals surface area contributed by atoms with E-state index in [0.29, 0.717) is 18.1 Å². The van der Waals surface area contributed by atoms with Gasteiger partial charge in [-0.2, -0.15) is 0 Å². The van der Waals surface area contributed by atoms with Crippen LogP contribution in [0, 0.1) is 13.8 Å². The van der Waals surface area contributed by atoms with Gasteiger partial charge in [-0.3, -0.25) is 14.5 Å². The predicted octanol–water partition coefficient (Wildman–Crippen LogP) is 3.97. The van der Waals surface area contributed by atoms with E-state index in [0.717, 1.165) is 40.3 Å². The lowest BCUT2D eigenvalue weighted by atomic mass is 9.96. The van der Waals surface area contributed by atoms with Crippen molar-refractivity contribution in [2.24, 2.45) is 0 Å². The maximum Gasteiger partial charge on any atom is 0.226 e. The minimum absolute atomic E-state index is 0.0429. The zero-order valence-corrected chi connectivity index (χ0v) is 21.9. The molecule has 2 atom stereocenters. The van der Waals surface area contributed by atoms with E-state index >= 15 is 0 Å². The number of hydrogen-bond acceptors (Lipinski definition) is 5. The smallest absolute Gasteiger partial charge is 0.226 e. The van der Waals surface area contributed by atoms with Gasteiger partial charge in [-0.25, -0.2) is 4.68 Å². The second kappa shape index (κ2) is 10.5. The number of amides is 1. The first-order valence-electron chi connectivity index (χ1n) is 12.4. The van der Waals surface area contributed by atoms with E-state index in [9.17, 15) is 4.79 Å². The molecule has 3 aromatic heterocycles. The number of carbonyl (C=O) groups is 1. The van der Waals surface area contributed by atoms with E-state index in [4.69, 9.17) is 12.2 Å². The first-order chi connectivity index (χ1) is 18.0. The fraction of sp³-hybridized carbons (Fsp3) is 0.296. The number of carbonyl (C=O) groups excluding carboxylic acids is 1. The molecule has 5 rings (SSSR count). The van der Waals surface area contributed by atoms with Crippen molar-refractivity contribution in [3.63, 3.8) is 0 Å². The third-order valence-corrected chi connectivity index (χ3v) is 7.19. The fourth-order valence-corrected chi connectivity index (χ4v) is 5.43. The molecule has 9 nitrogen and oxygen atoms in total. The largest absolute Gasteiger partial charge is 0.352 e. The molecule has 4 heterocycles. The summed E-state index contributed by atoms with van der Waals surface area (Å²) >= 11 is 5.80. The number of aryl methyl sites for hydroxylation is 2. The van der Waals surface area contributed by atoms with E-state index in [2.05, 4.69) is 62.2 Å². The Morgan fingerprint density at radius 3 is 2.59 bits per heavy atom. The molecule has 2 N–H and O–H groups in total. The quantitative estimate of drug-likeness (QED) is 0.344. The molecule has 1 fully saturated rings. The standard InChI is InChI=1S/C27H30N8OS/c1-4-20-9-5-6-10-22(20)31-24(36)12-14-34-26(25(32-27(34)37)23-11-7-8-13-28-23)21-15-18(2)35(19(21)3)33-16-29-30-17-33/h5-11,13,15-17,25-26H,4,12,14H2,1-3H3,(H,31,36)(H,32,37). The number of benzene rings is 1. The average Bonchev–Trinajstić information content (AvgIpc) is 3.61. The van der Waals surface area contributed by atoms with E-state index in [1.807, 2.05) is 47.1 Å². The summed E-state index contributed by atoms with van der Waals surface area (Å²) in [6.45, 7) is 6.68. The summed E-state index contributed by atoms with van der Waals surface area (Å²) in [5, 5.41) is 15.1. The number of aromatic nitrogens is 5. The molecule has 37 heavy (non-hydrogen) atoms. The number of rotatable bonds is 8. The first kappa shape index (κ1) is 24.6. The summed E-state index contributed by atoms with van der Waals surface area (Å²) < 4.78 is 3.92. The molecule has 0 radical (unpaired) electrons. The third-order valence-electron chi connectivity index (χ3n) is 6.84. The molecule has 10 heteroatoms. The Labute approximate surface area is 221 Å². The minimum Gasteiger partial charge on any atom is -0.352 e. The predicted molar refractivity (Wildman–Crippen MR) is 146 cm³/mol. The maximum absolute atomic E-state index is 13.0. The highest BCUT2D eigenvalue weighted by atomic mass is 32.1. The number of thiocarbonyl (C=S) groups is 1. The number of nitrogens with one attached hydrogen (secondary N) is 2. The number of hydrogen-bond donors (Lipinski definition) is 2. The topological polar surface area (TPSA) is 92.9 Å². The van der Waals surface area contributed by atoms with Crippen molar-refractivity contribution in [1.29, 1.82) is 0 Å².